The fourth-order valence-corrected chi connectivity index (χ4v) is 5.19. The molecule has 0 unspecified atom stereocenters. The molecule has 0 radical (unpaired) electrons. The zero-order chi connectivity index (χ0) is 20.9. The molecule has 158 valence electrons. The number of hydrogen-bond acceptors (Lipinski definition) is 8. The number of anilines is 1. The Morgan fingerprint density at radius 2 is 1.79 bits per heavy atom. The highest BCUT2D eigenvalue weighted by atomic mass is 32.2. The van der Waals surface area contributed by atoms with Gasteiger partial charge in [-0.25, -0.2) is 8.42 Å². The maximum atomic E-state index is 13.4. The van der Waals surface area contributed by atoms with Crippen LogP contribution in [0.2, 0.25) is 0 Å². The number of nitro groups is 1. The van der Waals surface area contributed by atoms with Gasteiger partial charge in [0.15, 0.2) is 0 Å². The first-order valence-corrected chi connectivity index (χ1v) is 10.6. The van der Waals surface area contributed by atoms with E-state index in [1.807, 2.05) is 11.9 Å². The lowest BCUT2D eigenvalue weighted by Crippen LogP contribution is -2.37. The summed E-state index contributed by atoms with van der Waals surface area (Å²) in [6, 6.07) is 2.39. The van der Waals surface area contributed by atoms with Crippen LogP contribution < -0.4 is 4.90 Å². The second kappa shape index (κ2) is 9.61. The number of hydrogen-bond donors (Lipinski definition) is 2. The second-order valence-corrected chi connectivity index (χ2v) is 8.77. The van der Waals surface area contributed by atoms with Crippen LogP contribution in [0.1, 0.15) is 12.0 Å². The van der Waals surface area contributed by atoms with Gasteiger partial charge in [0, 0.05) is 44.9 Å². The van der Waals surface area contributed by atoms with Crippen molar-refractivity contribution >= 4 is 21.4 Å². The SMILES string of the molecule is Cc1cc([N+](=O)[O-])cc(S(=O)(=O)N2CCCN(C)CC2)c1N(CCO)CCO. The highest BCUT2D eigenvalue weighted by molar-refractivity contribution is 7.89. The van der Waals surface area contributed by atoms with Gasteiger partial charge in [0.1, 0.15) is 4.90 Å². The summed E-state index contributed by atoms with van der Waals surface area (Å²) in [6.45, 7) is 3.27. The molecule has 1 aliphatic heterocycles. The molecule has 1 fully saturated rings. The van der Waals surface area contributed by atoms with E-state index in [4.69, 9.17) is 0 Å². The number of rotatable bonds is 8. The maximum Gasteiger partial charge on any atom is 0.271 e. The molecule has 10 nitrogen and oxygen atoms in total. The Morgan fingerprint density at radius 3 is 2.36 bits per heavy atom. The molecular weight excluding hydrogens is 388 g/mol. The number of nitrogens with zero attached hydrogens (tertiary/aromatic N) is 4. The molecular formula is C17H28N4O6S. The number of benzene rings is 1. The van der Waals surface area contributed by atoms with E-state index in [0.29, 0.717) is 31.6 Å². The molecule has 0 aliphatic carbocycles. The molecule has 0 aromatic heterocycles. The Morgan fingerprint density at radius 1 is 1.14 bits per heavy atom. The fourth-order valence-electron chi connectivity index (χ4n) is 3.42. The van der Waals surface area contributed by atoms with E-state index in [0.717, 1.165) is 12.6 Å². The average molecular weight is 417 g/mol. The predicted octanol–water partition coefficient (Wildman–Crippen LogP) is 0.0204. The number of likely N-dealkylation sites (N-methyl/N-ethyl adjacent to an activating group) is 1. The third kappa shape index (κ3) is 4.97. The highest BCUT2D eigenvalue weighted by Gasteiger charge is 2.32. The van der Waals surface area contributed by atoms with Gasteiger partial charge in [0.05, 0.1) is 23.8 Å². The summed E-state index contributed by atoms with van der Waals surface area (Å²) in [5.74, 6) is 0. The number of sulfonamides is 1. The molecule has 1 aromatic rings. The predicted molar refractivity (Wildman–Crippen MR) is 105 cm³/mol. The zero-order valence-electron chi connectivity index (χ0n) is 16.2. The Labute approximate surface area is 165 Å². The minimum Gasteiger partial charge on any atom is -0.395 e. The summed E-state index contributed by atoms with van der Waals surface area (Å²) >= 11 is 0. The number of aliphatic hydroxyl groups excluding tert-OH is 2. The van der Waals surface area contributed by atoms with Gasteiger partial charge >= 0.3 is 0 Å². The van der Waals surface area contributed by atoms with E-state index < -0.39 is 14.9 Å². The van der Waals surface area contributed by atoms with Crippen LogP contribution in [0.3, 0.4) is 0 Å². The second-order valence-electron chi connectivity index (χ2n) is 6.86. The minimum absolute atomic E-state index is 0.102. The van der Waals surface area contributed by atoms with Crippen LogP contribution in [0.15, 0.2) is 17.0 Å². The quantitative estimate of drug-likeness (QED) is 0.448. The van der Waals surface area contributed by atoms with Gasteiger partial charge < -0.3 is 20.0 Å². The molecule has 2 rings (SSSR count). The van der Waals surface area contributed by atoms with Crippen molar-refractivity contribution in [3.05, 3.63) is 27.8 Å². The normalized spacial score (nSPS) is 16.7. The van der Waals surface area contributed by atoms with Gasteiger partial charge in [-0.05, 0) is 32.5 Å². The van der Waals surface area contributed by atoms with Crippen molar-refractivity contribution in [1.82, 2.24) is 9.21 Å². The number of non-ortho nitro benzene ring substituents is 1. The van der Waals surface area contributed by atoms with E-state index in [1.165, 1.54) is 10.4 Å². The van der Waals surface area contributed by atoms with Crippen LogP contribution in [0.5, 0.6) is 0 Å². The standard InChI is InChI=1S/C17H28N4O6S/c1-14-12-15(21(24)25)13-16(17(14)19(8-10-22)9-11-23)28(26,27)20-5-3-4-18(2)6-7-20/h12-13,22-23H,3-11H2,1-2H3. The van der Waals surface area contributed by atoms with Gasteiger partial charge in [-0.3, -0.25) is 10.1 Å². The van der Waals surface area contributed by atoms with Crippen molar-refractivity contribution in [2.24, 2.45) is 0 Å². The van der Waals surface area contributed by atoms with Gasteiger partial charge in [-0.1, -0.05) is 0 Å². The molecule has 0 amide bonds. The summed E-state index contributed by atoms with van der Waals surface area (Å²) in [6.07, 6.45) is 0.663. The molecule has 0 saturated carbocycles. The molecule has 2 N–H and O–H groups in total. The smallest absolute Gasteiger partial charge is 0.271 e. The fraction of sp³-hybridized carbons (Fsp3) is 0.647. The number of aliphatic hydroxyl groups is 2. The van der Waals surface area contributed by atoms with Crippen LogP contribution in [-0.4, -0.2) is 92.3 Å². The maximum absolute atomic E-state index is 13.4. The van der Waals surface area contributed by atoms with Crippen LogP contribution in [0.4, 0.5) is 11.4 Å². The van der Waals surface area contributed by atoms with E-state index in [9.17, 15) is 28.7 Å². The van der Waals surface area contributed by atoms with E-state index >= 15 is 0 Å². The Kier molecular flexibility index (Phi) is 7.72. The lowest BCUT2D eigenvalue weighted by Gasteiger charge is -2.29. The molecule has 0 spiro atoms. The van der Waals surface area contributed by atoms with Crippen LogP contribution >= 0.6 is 0 Å². The Balaban J connectivity index is 2.62. The first kappa shape index (κ1) is 22.5. The van der Waals surface area contributed by atoms with Crippen molar-refractivity contribution in [2.45, 2.75) is 18.2 Å². The van der Waals surface area contributed by atoms with Crippen molar-refractivity contribution in [3.8, 4) is 0 Å². The van der Waals surface area contributed by atoms with Gasteiger partial charge in [-0.2, -0.15) is 4.31 Å². The van der Waals surface area contributed by atoms with Crippen molar-refractivity contribution in [3.63, 3.8) is 0 Å². The van der Waals surface area contributed by atoms with E-state index in [-0.39, 0.29) is 42.6 Å². The zero-order valence-corrected chi connectivity index (χ0v) is 17.1. The summed E-state index contributed by atoms with van der Waals surface area (Å²) in [5, 5.41) is 30.1. The summed E-state index contributed by atoms with van der Waals surface area (Å²) < 4.78 is 28.2. The molecule has 28 heavy (non-hydrogen) atoms. The van der Waals surface area contributed by atoms with Crippen LogP contribution in [-0.2, 0) is 10.0 Å². The van der Waals surface area contributed by atoms with Crippen molar-refractivity contribution in [1.29, 1.82) is 0 Å². The van der Waals surface area contributed by atoms with Crippen LogP contribution in [0.25, 0.3) is 0 Å². The molecule has 0 atom stereocenters. The first-order chi connectivity index (χ1) is 13.2. The third-order valence-corrected chi connectivity index (χ3v) is 6.73. The van der Waals surface area contributed by atoms with Gasteiger partial charge in [0.2, 0.25) is 10.0 Å². The first-order valence-electron chi connectivity index (χ1n) is 9.16. The Hall–Kier alpha value is -1.79. The molecule has 11 heteroatoms. The number of aryl methyl sites for hydroxylation is 1. The number of nitro benzene ring substituents is 1. The molecule has 1 saturated heterocycles. The topological polar surface area (TPSA) is 127 Å². The summed E-state index contributed by atoms with van der Waals surface area (Å²) in [4.78, 5) is 14.2. The van der Waals surface area contributed by atoms with E-state index in [1.54, 1.807) is 11.8 Å². The third-order valence-electron chi connectivity index (χ3n) is 4.81. The Bertz CT molecular complexity index is 795. The average Bonchev–Trinajstić information content (AvgIpc) is 2.86. The largest absolute Gasteiger partial charge is 0.395 e. The van der Waals surface area contributed by atoms with Crippen molar-refractivity contribution < 1.29 is 23.6 Å². The van der Waals surface area contributed by atoms with Crippen LogP contribution in [0, 0.1) is 17.0 Å². The molecule has 1 aliphatic rings. The molecule has 1 aromatic carbocycles. The monoisotopic (exact) mass is 416 g/mol. The summed E-state index contributed by atoms with van der Waals surface area (Å²) in [5.41, 5.74) is 0.382. The molecule has 0 bridgehead atoms. The summed E-state index contributed by atoms with van der Waals surface area (Å²) in [7, 11) is -2.08. The lowest BCUT2D eigenvalue weighted by molar-refractivity contribution is -0.385. The minimum atomic E-state index is -4.00. The van der Waals surface area contributed by atoms with E-state index in [2.05, 4.69) is 0 Å². The molecule has 1 heterocycles. The highest BCUT2D eigenvalue weighted by Crippen LogP contribution is 2.35. The van der Waals surface area contributed by atoms with Crippen molar-refractivity contribution in [2.75, 3.05) is 64.4 Å². The lowest BCUT2D eigenvalue weighted by atomic mass is 10.1. The van der Waals surface area contributed by atoms with Gasteiger partial charge in [0.25, 0.3) is 5.69 Å². The van der Waals surface area contributed by atoms with Gasteiger partial charge in [-0.15, -0.1) is 0 Å².